The number of hydrogen-bond donors (Lipinski definition) is 3. The van der Waals surface area contributed by atoms with Gasteiger partial charge in [-0.25, -0.2) is 0 Å². The molecule has 4 N–H and O–H groups in total. The number of nitrogens with two attached hydrogens (primary N) is 1. The number of rotatable bonds is 11. The van der Waals surface area contributed by atoms with E-state index < -0.39 is 51.4 Å². The van der Waals surface area contributed by atoms with Crippen LogP contribution in [0.4, 0.5) is 0 Å². The number of Topliss-reactive ketones (excluding diaryl/α,β-unsaturated/α-hetero) is 1. The Morgan fingerprint density at radius 3 is 2.33 bits per heavy atom. The number of alkyl halides is 2. The zero-order valence-electron chi connectivity index (χ0n) is 19.4. The predicted octanol–water partition coefficient (Wildman–Crippen LogP) is 1.70. The van der Waals surface area contributed by atoms with E-state index in [-0.39, 0.29) is 31.3 Å². The Kier molecular flexibility index (Phi) is 8.76. The lowest BCUT2D eigenvalue weighted by molar-refractivity contribution is -0.144. The van der Waals surface area contributed by atoms with Crippen molar-refractivity contribution < 1.29 is 19.2 Å². The number of allylic oxidation sites excluding steroid dienone is 1. The van der Waals surface area contributed by atoms with Crippen LogP contribution < -0.4 is 16.4 Å². The van der Waals surface area contributed by atoms with Gasteiger partial charge in [0, 0.05) is 24.9 Å². The van der Waals surface area contributed by atoms with E-state index in [1.54, 1.807) is 12.2 Å². The standard InChI is InChI=1S/C23H34Cl2N4O4/c1-6-8-10-14(17(30)20(32)27-11-9-7-2)28-19(31)16-15-13(23(15,24)25)12-29(16)21(33)18(26)22(3,4)5/h6-7,13-16,18H,1-2,8-12,26H2,3-5H3,(H,27,32)(H,28,31). The molecule has 0 spiro atoms. The fraction of sp³-hybridized carbons (Fsp3) is 0.652. The molecule has 5 unspecified atom stereocenters. The fourth-order valence-electron chi connectivity index (χ4n) is 4.03. The van der Waals surface area contributed by atoms with Crippen molar-refractivity contribution in [2.24, 2.45) is 23.0 Å². The van der Waals surface area contributed by atoms with Crippen molar-refractivity contribution in [2.45, 2.75) is 62.5 Å². The van der Waals surface area contributed by atoms with Crippen molar-refractivity contribution in [2.75, 3.05) is 13.1 Å². The number of nitrogens with one attached hydrogen (secondary N) is 2. The lowest BCUT2D eigenvalue weighted by Gasteiger charge is -2.35. The van der Waals surface area contributed by atoms with Crippen LogP contribution in [0, 0.1) is 17.3 Å². The maximum Gasteiger partial charge on any atom is 0.289 e. The minimum Gasteiger partial charge on any atom is -0.349 e. The van der Waals surface area contributed by atoms with Crippen molar-refractivity contribution in [3.05, 3.63) is 25.3 Å². The first kappa shape index (κ1) is 27.3. The topological polar surface area (TPSA) is 122 Å². The van der Waals surface area contributed by atoms with E-state index in [9.17, 15) is 19.2 Å². The fourth-order valence-corrected chi connectivity index (χ4v) is 4.85. The summed E-state index contributed by atoms with van der Waals surface area (Å²) in [6.45, 7) is 13.2. The number of carbonyl (C=O) groups is 4. The lowest BCUT2D eigenvalue weighted by atomic mass is 9.86. The molecule has 1 heterocycles. The van der Waals surface area contributed by atoms with Crippen LogP contribution in [0.5, 0.6) is 0 Å². The zero-order valence-corrected chi connectivity index (χ0v) is 20.9. The van der Waals surface area contributed by atoms with Crippen molar-refractivity contribution >= 4 is 46.7 Å². The molecule has 8 nitrogen and oxygen atoms in total. The van der Waals surface area contributed by atoms with Crippen LogP contribution in [0.1, 0.15) is 40.0 Å². The van der Waals surface area contributed by atoms with Gasteiger partial charge in [0.05, 0.1) is 12.1 Å². The molecular weight excluding hydrogens is 467 g/mol. The quantitative estimate of drug-likeness (QED) is 0.172. The molecule has 184 valence electrons. The summed E-state index contributed by atoms with van der Waals surface area (Å²) < 4.78 is -1.13. The average molecular weight is 501 g/mol. The molecule has 5 atom stereocenters. The van der Waals surface area contributed by atoms with Gasteiger partial charge in [0.25, 0.3) is 5.91 Å². The Hall–Kier alpha value is -1.90. The summed E-state index contributed by atoms with van der Waals surface area (Å²) in [7, 11) is 0. The number of piperidine rings is 1. The van der Waals surface area contributed by atoms with E-state index in [2.05, 4.69) is 23.8 Å². The number of fused-ring (bicyclic) bond motifs is 1. The zero-order chi connectivity index (χ0) is 25.1. The molecule has 1 aliphatic heterocycles. The van der Waals surface area contributed by atoms with Gasteiger partial charge in [-0.1, -0.05) is 32.9 Å². The van der Waals surface area contributed by atoms with Crippen LogP contribution in [0.2, 0.25) is 0 Å². The molecule has 33 heavy (non-hydrogen) atoms. The summed E-state index contributed by atoms with van der Waals surface area (Å²) in [5, 5.41) is 5.16. The molecule has 2 fully saturated rings. The Balaban J connectivity index is 2.21. The van der Waals surface area contributed by atoms with Crippen LogP contribution in [0.3, 0.4) is 0 Å². The number of nitrogens with zero attached hydrogens (tertiary/aromatic N) is 1. The largest absolute Gasteiger partial charge is 0.349 e. The van der Waals surface area contributed by atoms with Gasteiger partial charge in [0.2, 0.25) is 17.6 Å². The number of amides is 3. The Morgan fingerprint density at radius 2 is 1.79 bits per heavy atom. The van der Waals surface area contributed by atoms with E-state index in [1.165, 1.54) is 4.90 Å². The van der Waals surface area contributed by atoms with E-state index in [4.69, 9.17) is 28.9 Å². The summed E-state index contributed by atoms with van der Waals surface area (Å²) in [4.78, 5) is 52.9. The number of likely N-dealkylation sites (tertiary alicyclic amines) is 1. The van der Waals surface area contributed by atoms with Crippen LogP contribution in [0.25, 0.3) is 0 Å². The van der Waals surface area contributed by atoms with Crippen molar-refractivity contribution in [1.29, 1.82) is 0 Å². The van der Waals surface area contributed by atoms with E-state index in [1.807, 2.05) is 20.8 Å². The number of halogens is 2. The molecule has 0 aromatic carbocycles. The van der Waals surface area contributed by atoms with Crippen LogP contribution >= 0.6 is 23.2 Å². The third-order valence-electron chi connectivity index (χ3n) is 6.23. The second kappa shape index (κ2) is 10.6. The molecule has 0 aromatic heterocycles. The predicted molar refractivity (Wildman–Crippen MR) is 129 cm³/mol. The summed E-state index contributed by atoms with van der Waals surface area (Å²) >= 11 is 12.7. The van der Waals surface area contributed by atoms with Crippen molar-refractivity contribution in [3.63, 3.8) is 0 Å². The van der Waals surface area contributed by atoms with Crippen molar-refractivity contribution in [1.82, 2.24) is 15.5 Å². The maximum atomic E-state index is 13.3. The molecule has 1 saturated carbocycles. The van der Waals surface area contributed by atoms with E-state index in [0.29, 0.717) is 12.8 Å². The van der Waals surface area contributed by atoms with Gasteiger partial charge in [0.15, 0.2) is 0 Å². The second-order valence-corrected chi connectivity index (χ2v) is 11.2. The van der Waals surface area contributed by atoms with Gasteiger partial charge in [-0.3, -0.25) is 19.2 Å². The van der Waals surface area contributed by atoms with Gasteiger partial charge >= 0.3 is 0 Å². The molecule has 1 aliphatic carbocycles. The van der Waals surface area contributed by atoms with Gasteiger partial charge in [-0.15, -0.1) is 36.4 Å². The van der Waals surface area contributed by atoms with Gasteiger partial charge in [-0.2, -0.15) is 0 Å². The maximum absolute atomic E-state index is 13.3. The first-order valence-corrected chi connectivity index (χ1v) is 11.8. The second-order valence-electron chi connectivity index (χ2n) is 9.71. The lowest BCUT2D eigenvalue weighted by Crippen LogP contribution is -2.59. The highest BCUT2D eigenvalue weighted by Crippen LogP contribution is 2.65. The molecule has 1 saturated heterocycles. The summed E-state index contributed by atoms with van der Waals surface area (Å²) in [6.07, 6.45) is 4.31. The molecule has 0 bridgehead atoms. The Morgan fingerprint density at radius 1 is 1.18 bits per heavy atom. The SMILES string of the molecule is C=CCCNC(=O)C(=O)C(CCC=C)NC(=O)C1C2C(CN1C(=O)C(N)C(C)(C)C)C2(Cl)Cl. The highest BCUT2D eigenvalue weighted by Gasteiger charge is 2.74. The smallest absolute Gasteiger partial charge is 0.289 e. The highest BCUT2D eigenvalue weighted by atomic mass is 35.5. The summed E-state index contributed by atoms with van der Waals surface area (Å²) in [5.41, 5.74) is 5.65. The first-order chi connectivity index (χ1) is 15.3. The monoisotopic (exact) mass is 500 g/mol. The minimum atomic E-state index is -1.13. The van der Waals surface area contributed by atoms with Gasteiger partial charge in [0.1, 0.15) is 10.4 Å². The number of carbonyl (C=O) groups excluding carboxylic acids is 4. The molecule has 2 rings (SSSR count). The number of hydrogen-bond acceptors (Lipinski definition) is 5. The van der Waals surface area contributed by atoms with Gasteiger partial charge in [-0.05, 0) is 24.7 Å². The molecule has 0 aromatic rings. The Labute approximate surface area is 205 Å². The Bertz CT molecular complexity index is 824. The third-order valence-corrected chi connectivity index (χ3v) is 7.30. The van der Waals surface area contributed by atoms with Crippen LogP contribution in [0.15, 0.2) is 25.3 Å². The van der Waals surface area contributed by atoms with Gasteiger partial charge < -0.3 is 21.3 Å². The number of ketones is 1. The average Bonchev–Trinajstić information content (AvgIpc) is 3.08. The normalized spacial score (nSPS) is 24.8. The minimum absolute atomic E-state index is 0.187. The molecule has 3 amide bonds. The van der Waals surface area contributed by atoms with Crippen molar-refractivity contribution in [3.8, 4) is 0 Å². The third kappa shape index (κ3) is 5.97. The van der Waals surface area contributed by atoms with E-state index in [0.717, 1.165) is 0 Å². The van der Waals surface area contributed by atoms with E-state index >= 15 is 0 Å². The molecule has 10 heteroatoms. The van der Waals surface area contributed by atoms with Crippen LogP contribution in [-0.2, 0) is 19.2 Å². The molecular formula is C23H34Cl2N4O4. The molecule has 0 radical (unpaired) electrons. The van der Waals surface area contributed by atoms with Crippen LogP contribution in [-0.4, -0.2) is 64.0 Å². The highest BCUT2D eigenvalue weighted by molar-refractivity contribution is 6.51. The summed E-state index contributed by atoms with van der Waals surface area (Å²) in [5.74, 6) is -3.28. The summed E-state index contributed by atoms with van der Waals surface area (Å²) in [6, 6.07) is -2.89. The first-order valence-electron chi connectivity index (χ1n) is 11.1. The molecule has 2 aliphatic rings.